The highest BCUT2D eigenvalue weighted by Gasteiger charge is 2.57. The molecule has 1 aromatic rings. The van der Waals surface area contributed by atoms with Gasteiger partial charge in [-0.2, -0.15) is 8.78 Å². The lowest BCUT2D eigenvalue weighted by molar-refractivity contribution is -0.149. The van der Waals surface area contributed by atoms with E-state index < -0.39 is 23.5 Å². The summed E-state index contributed by atoms with van der Waals surface area (Å²) in [5.74, 6) is -7.02. The molecule has 1 atom stereocenters. The molecule has 1 aromatic carbocycles. The molecule has 2 rings (SSSR count). The summed E-state index contributed by atoms with van der Waals surface area (Å²) in [5.41, 5.74) is -0.228. The SMILES string of the molecule is O=C1N(CCCO)CC(c2c(O)ccc(Cl)c2Cl)C1(F)F. The molecule has 2 N–H and O–H groups in total. The number of hydrogen-bond donors (Lipinski definition) is 2. The summed E-state index contributed by atoms with van der Waals surface area (Å²) in [6.45, 7) is -0.483. The van der Waals surface area contributed by atoms with Crippen LogP contribution in [0.4, 0.5) is 8.78 Å². The standard InChI is InChI=1S/C13H13Cl2F2NO3/c14-8-2-3-9(20)10(11(8)15)7-6-18(4-1-5-19)12(21)13(7,16)17/h2-3,7,19-20H,1,4-6H2. The lowest BCUT2D eigenvalue weighted by Gasteiger charge is -2.19. The van der Waals surface area contributed by atoms with Crippen LogP contribution in [0.1, 0.15) is 17.9 Å². The third kappa shape index (κ3) is 2.80. The number of amides is 1. The molecule has 0 spiro atoms. The zero-order chi connectivity index (χ0) is 15.8. The minimum atomic E-state index is -3.68. The molecule has 1 fully saturated rings. The minimum absolute atomic E-state index is 0.0143. The number of phenolic OH excluding ortho intramolecular Hbond substituents is 1. The third-order valence-electron chi connectivity index (χ3n) is 3.46. The number of aromatic hydroxyl groups is 1. The number of aliphatic hydroxyl groups is 1. The van der Waals surface area contributed by atoms with Crippen molar-refractivity contribution in [2.24, 2.45) is 0 Å². The number of carbonyl (C=O) groups excluding carboxylic acids is 1. The molecule has 4 nitrogen and oxygen atoms in total. The highest BCUT2D eigenvalue weighted by atomic mass is 35.5. The second-order valence-corrected chi connectivity index (χ2v) is 5.58. The van der Waals surface area contributed by atoms with Crippen LogP contribution < -0.4 is 0 Å². The van der Waals surface area contributed by atoms with Crippen molar-refractivity contribution in [1.29, 1.82) is 0 Å². The average molecular weight is 340 g/mol. The number of hydrogen-bond acceptors (Lipinski definition) is 3. The number of nitrogens with zero attached hydrogens (tertiary/aromatic N) is 1. The van der Waals surface area contributed by atoms with Crippen molar-refractivity contribution in [1.82, 2.24) is 4.90 Å². The summed E-state index contributed by atoms with van der Waals surface area (Å²) in [7, 11) is 0. The highest BCUT2D eigenvalue weighted by molar-refractivity contribution is 6.42. The first-order valence-corrected chi connectivity index (χ1v) is 7.01. The van der Waals surface area contributed by atoms with Crippen molar-refractivity contribution in [3.63, 3.8) is 0 Å². The van der Waals surface area contributed by atoms with Gasteiger partial charge in [0.15, 0.2) is 0 Å². The Hall–Kier alpha value is -1.11. The van der Waals surface area contributed by atoms with Gasteiger partial charge in [-0.05, 0) is 18.6 Å². The van der Waals surface area contributed by atoms with E-state index in [0.29, 0.717) is 0 Å². The molecule has 1 saturated heterocycles. The van der Waals surface area contributed by atoms with Gasteiger partial charge in [0.25, 0.3) is 5.91 Å². The van der Waals surface area contributed by atoms with Gasteiger partial charge in [-0.3, -0.25) is 4.79 Å². The van der Waals surface area contributed by atoms with Crippen molar-refractivity contribution in [2.45, 2.75) is 18.3 Å². The van der Waals surface area contributed by atoms with Gasteiger partial charge >= 0.3 is 5.92 Å². The molecule has 1 heterocycles. The van der Waals surface area contributed by atoms with Crippen molar-refractivity contribution in [2.75, 3.05) is 19.7 Å². The second kappa shape index (κ2) is 5.94. The van der Waals surface area contributed by atoms with Crippen molar-refractivity contribution >= 4 is 29.1 Å². The molecule has 0 saturated carbocycles. The van der Waals surface area contributed by atoms with Crippen molar-refractivity contribution in [3.8, 4) is 5.75 Å². The maximum atomic E-state index is 14.2. The average Bonchev–Trinajstić information content (AvgIpc) is 2.65. The lowest BCUT2D eigenvalue weighted by Crippen LogP contribution is -2.35. The van der Waals surface area contributed by atoms with E-state index in [9.17, 15) is 18.7 Å². The Kier molecular flexibility index (Phi) is 4.60. The number of aliphatic hydroxyl groups excluding tert-OH is 1. The Labute approximate surface area is 129 Å². The molecule has 21 heavy (non-hydrogen) atoms. The first-order valence-electron chi connectivity index (χ1n) is 6.25. The molecule has 1 aliphatic rings. The Balaban J connectivity index is 2.40. The van der Waals surface area contributed by atoms with E-state index in [-0.39, 0.29) is 41.7 Å². The predicted molar refractivity (Wildman–Crippen MR) is 74.1 cm³/mol. The van der Waals surface area contributed by atoms with Gasteiger partial charge in [-0.1, -0.05) is 23.2 Å². The third-order valence-corrected chi connectivity index (χ3v) is 4.28. The number of benzene rings is 1. The van der Waals surface area contributed by atoms with Crippen molar-refractivity contribution < 1.29 is 23.8 Å². The minimum Gasteiger partial charge on any atom is -0.508 e. The molecule has 1 amide bonds. The van der Waals surface area contributed by atoms with Gasteiger partial charge in [0.05, 0.1) is 16.0 Å². The topological polar surface area (TPSA) is 60.8 Å². The fraction of sp³-hybridized carbons (Fsp3) is 0.462. The zero-order valence-electron chi connectivity index (χ0n) is 10.8. The molecule has 8 heteroatoms. The number of alkyl halides is 2. The fourth-order valence-electron chi connectivity index (χ4n) is 2.39. The maximum Gasteiger partial charge on any atom is 0.333 e. The van der Waals surface area contributed by atoms with Crippen LogP contribution in [0.2, 0.25) is 10.0 Å². The predicted octanol–water partition coefficient (Wildman–Crippen LogP) is 2.64. The number of rotatable bonds is 4. The van der Waals surface area contributed by atoms with E-state index in [1.54, 1.807) is 0 Å². The van der Waals surface area contributed by atoms with Gasteiger partial charge in [0.2, 0.25) is 0 Å². The molecular formula is C13H13Cl2F2NO3. The molecule has 1 aliphatic heterocycles. The molecule has 1 unspecified atom stereocenters. The van der Waals surface area contributed by atoms with Crippen LogP contribution in [0.5, 0.6) is 5.75 Å². The summed E-state index contributed by atoms with van der Waals surface area (Å²) in [6, 6.07) is 2.46. The monoisotopic (exact) mass is 339 g/mol. The van der Waals surface area contributed by atoms with E-state index in [1.165, 1.54) is 12.1 Å². The Morgan fingerprint density at radius 3 is 2.67 bits per heavy atom. The Morgan fingerprint density at radius 2 is 2.05 bits per heavy atom. The first kappa shape index (κ1) is 16.3. The number of phenols is 1. The van der Waals surface area contributed by atoms with Crippen LogP contribution in [0.15, 0.2) is 12.1 Å². The van der Waals surface area contributed by atoms with E-state index in [0.717, 1.165) is 4.90 Å². The Morgan fingerprint density at radius 1 is 1.38 bits per heavy atom. The van der Waals surface area contributed by atoms with Crippen LogP contribution in [-0.4, -0.2) is 46.6 Å². The Bertz CT molecular complexity index is 569. The normalized spacial score (nSPS) is 21.1. The van der Waals surface area contributed by atoms with E-state index >= 15 is 0 Å². The maximum absolute atomic E-state index is 14.2. The van der Waals surface area contributed by atoms with Crippen LogP contribution in [-0.2, 0) is 4.79 Å². The summed E-state index contributed by atoms with van der Waals surface area (Å²) < 4.78 is 28.4. The summed E-state index contributed by atoms with van der Waals surface area (Å²) in [4.78, 5) is 12.7. The second-order valence-electron chi connectivity index (χ2n) is 4.80. The first-order chi connectivity index (χ1) is 9.80. The largest absolute Gasteiger partial charge is 0.508 e. The van der Waals surface area contributed by atoms with E-state index in [1.807, 2.05) is 0 Å². The highest BCUT2D eigenvalue weighted by Crippen LogP contribution is 2.48. The molecule has 0 radical (unpaired) electrons. The van der Waals surface area contributed by atoms with Gasteiger partial charge in [0.1, 0.15) is 5.75 Å². The van der Waals surface area contributed by atoms with Crippen LogP contribution in [0.3, 0.4) is 0 Å². The number of likely N-dealkylation sites (tertiary alicyclic amines) is 1. The van der Waals surface area contributed by atoms with E-state index in [2.05, 4.69) is 0 Å². The zero-order valence-corrected chi connectivity index (χ0v) is 12.3. The van der Waals surface area contributed by atoms with Crippen LogP contribution in [0.25, 0.3) is 0 Å². The molecule has 116 valence electrons. The number of carbonyl (C=O) groups is 1. The van der Waals surface area contributed by atoms with Crippen LogP contribution in [0, 0.1) is 0 Å². The van der Waals surface area contributed by atoms with Gasteiger partial charge < -0.3 is 15.1 Å². The molecular weight excluding hydrogens is 327 g/mol. The summed E-state index contributed by atoms with van der Waals surface area (Å²) >= 11 is 11.7. The number of halogens is 4. The van der Waals surface area contributed by atoms with E-state index in [4.69, 9.17) is 28.3 Å². The molecule has 0 aliphatic carbocycles. The van der Waals surface area contributed by atoms with Crippen molar-refractivity contribution in [3.05, 3.63) is 27.7 Å². The summed E-state index contributed by atoms with van der Waals surface area (Å²) in [6.07, 6.45) is 0.198. The van der Waals surface area contributed by atoms with Crippen LogP contribution >= 0.6 is 23.2 Å². The lowest BCUT2D eigenvalue weighted by atomic mass is 9.94. The summed E-state index contributed by atoms with van der Waals surface area (Å²) in [5, 5.41) is 18.4. The van der Waals surface area contributed by atoms with Gasteiger partial charge in [-0.15, -0.1) is 0 Å². The molecule has 0 aromatic heterocycles. The smallest absolute Gasteiger partial charge is 0.333 e. The fourth-order valence-corrected chi connectivity index (χ4v) is 2.85. The van der Waals surface area contributed by atoms with Gasteiger partial charge in [0, 0.05) is 25.3 Å². The molecule has 0 bridgehead atoms. The van der Waals surface area contributed by atoms with Gasteiger partial charge in [-0.25, -0.2) is 0 Å². The quantitative estimate of drug-likeness (QED) is 0.886.